The van der Waals surface area contributed by atoms with Crippen LogP contribution in [0.3, 0.4) is 0 Å². The maximum Gasteiger partial charge on any atom is 0.123 e. The zero-order chi connectivity index (χ0) is 15.2. The molecule has 0 aliphatic rings. The Morgan fingerprint density at radius 1 is 1.24 bits per heavy atom. The van der Waals surface area contributed by atoms with Crippen molar-refractivity contribution in [3.8, 4) is 11.8 Å². The minimum Gasteiger partial charge on any atom is -0.496 e. The number of benzene rings is 2. The lowest BCUT2D eigenvalue weighted by Gasteiger charge is -2.16. The molecule has 2 aromatic carbocycles. The second-order valence-electron chi connectivity index (χ2n) is 4.79. The van der Waals surface area contributed by atoms with Gasteiger partial charge in [0.05, 0.1) is 18.7 Å². The molecule has 0 bridgehead atoms. The molecule has 0 fully saturated rings. The van der Waals surface area contributed by atoms with Gasteiger partial charge in [-0.25, -0.2) is 0 Å². The molecule has 0 aliphatic carbocycles. The van der Waals surface area contributed by atoms with Gasteiger partial charge in [0, 0.05) is 23.2 Å². The number of methoxy groups -OCH3 is 1. The first kappa shape index (κ1) is 15.4. The summed E-state index contributed by atoms with van der Waals surface area (Å²) >= 11 is 5.89. The largest absolute Gasteiger partial charge is 0.496 e. The summed E-state index contributed by atoms with van der Waals surface area (Å²) in [6.45, 7) is 2.71. The van der Waals surface area contributed by atoms with E-state index in [0.717, 1.165) is 21.9 Å². The highest BCUT2D eigenvalue weighted by Crippen LogP contribution is 2.21. The summed E-state index contributed by atoms with van der Waals surface area (Å²) in [4.78, 5) is 0. The number of nitriles is 1. The number of rotatable bonds is 5. The summed E-state index contributed by atoms with van der Waals surface area (Å²) in [5, 5.41) is 13.1. The zero-order valence-electron chi connectivity index (χ0n) is 12.1. The first-order valence-electron chi connectivity index (χ1n) is 6.70. The molecule has 1 N–H and O–H groups in total. The molecule has 0 saturated heterocycles. The molecule has 2 aromatic rings. The summed E-state index contributed by atoms with van der Waals surface area (Å²) in [6, 6.07) is 15.5. The van der Waals surface area contributed by atoms with E-state index < -0.39 is 0 Å². The molecule has 0 heterocycles. The second kappa shape index (κ2) is 7.12. The molecule has 0 radical (unpaired) electrons. The molecule has 0 aromatic heterocycles. The molecule has 2 rings (SSSR count). The normalized spacial score (nSPS) is 11.7. The van der Waals surface area contributed by atoms with Gasteiger partial charge in [0.25, 0.3) is 0 Å². The van der Waals surface area contributed by atoms with Gasteiger partial charge in [-0.05, 0) is 42.8 Å². The quantitative estimate of drug-likeness (QED) is 0.905. The summed E-state index contributed by atoms with van der Waals surface area (Å²) < 4.78 is 5.33. The molecule has 0 aliphatic heterocycles. The van der Waals surface area contributed by atoms with Crippen LogP contribution in [0, 0.1) is 11.3 Å². The minimum atomic E-state index is 0.178. The zero-order valence-corrected chi connectivity index (χ0v) is 12.8. The summed E-state index contributed by atoms with van der Waals surface area (Å²) in [5.74, 6) is 0.782. The molecule has 4 heteroatoms. The highest BCUT2D eigenvalue weighted by atomic mass is 35.5. The third kappa shape index (κ3) is 3.98. The fourth-order valence-corrected chi connectivity index (χ4v) is 2.24. The van der Waals surface area contributed by atoms with Crippen LogP contribution in [0.2, 0.25) is 5.02 Å². The van der Waals surface area contributed by atoms with Gasteiger partial charge >= 0.3 is 0 Å². The van der Waals surface area contributed by atoms with Gasteiger partial charge in [0.15, 0.2) is 0 Å². The molecule has 21 heavy (non-hydrogen) atoms. The van der Waals surface area contributed by atoms with Crippen molar-refractivity contribution in [2.24, 2.45) is 0 Å². The lowest BCUT2D eigenvalue weighted by atomic mass is 10.1. The van der Waals surface area contributed by atoms with Crippen LogP contribution in [0.1, 0.15) is 29.7 Å². The topological polar surface area (TPSA) is 45.0 Å². The highest BCUT2D eigenvalue weighted by molar-refractivity contribution is 6.30. The Bertz CT molecular complexity index is 647. The molecule has 108 valence electrons. The van der Waals surface area contributed by atoms with E-state index in [4.69, 9.17) is 21.6 Å². The van der Waals surface area contributed by atoms with E-state index in [1.54, 1.807) is 13.2 Å². The van der Waals surface area contributed by atoms with Gasteiger partial charge in [0.1, 0.15) is 5.75 Å². The maximum atomic E-state index is 8.98. The van der Waals surface area contributed by atoms with Crippen molar-refractivity contribution in [3.05, 3.63) is 64.2 Å². The maximum absolute atomic E-state index is 8.98. The smallest absolute Gasteiger partial charge is 0.123 e. The molecule has 0 saturated carbocycles. The van der Waals surface area contributed by atoms with Crippen molar-refractivity contribution in [1.82, 2.24) is 5.32 Å². The average Bonchev–Trinajstić information content (AvgIpc) is 2.52. The van der Waals surface area contributed by atoms with Crippen LogP contribution in [0.5, 0.6) is 5.75 Å². The van der Waals surface area contributed by atoms with Crippen LogP contribution in [-0.4, -0.2) is 7.11 Å². The average molecular weight is 301 g/mol. The molecule has 3 nitrogen and oxygen atoms in total. The SMILES string of the molecule is COc1ccc(C#N)cc1CN[C@H](C)c1ccc(Cl)cc1. The lowest BCUT2D eigenvalue weighted by molar-refractivity contribution is 0.406. The van der Waals surface area contributed by atoms with Gasteiger partial charge in [0.2, 0.25) is 0 Å². The number of nitrogens with zero attached hydrogens (tertiary/aromatic N) is 1. The van der Waals surface area contributed by atoms with Crippen molar-refractivity contribution in [3.63, 3.8) is 0 Å². The van der Waals surface area contributed by atoms with Crippen molar-refractivity contribution in [2.45, 2.75) is 19.5 Å². The summed E-state index contributed by atoms with van der Waals surface area (Å²) in [5.41, 5.74) is 2.76. The molecule has 1 atom stereocenters. The highest BCUT2D eigenvalue weighted by Gasteiger charge is 2.08. The van der Waals surface area contributed by atoms with Gasteiger partial charge in [-0.2, -0.15) is 5.26 Å². The number of halogens is 1. The first-order valence-corrected chi connectivity index (χ1v) is 7.07. The summed E-state index contributed by atoms with van der Waals surface area (Å²) in [6.07, 6.45) is 0. The molecular formula is C17H17ClN2O. The second-order valence-corrected chi connectivity index (χ2v) is 5.23. The van der Waals surface area contributed by atoms with Crippen molar-refractivity contribution < 1.29 is 4.74 Å². The fraction of sp³-hybridized carbons (Fsp3) is 0.235. The standard InChI is InChI=1S/C17H17ClN2O/c1-12(14-4-6-16(18)7-5-14)20-11-15-9-13(10-19)3-8-17(15)21-2/h3-9,12,20H,11H2,1-2H3/t12-/m1/s1. The molecule has 0 unspecified atom stereocenters. The van der Waals surface area contributed by atoms with Crippen molar-refractivity contribution >= 4 is 11.6 Å². The Kier molecular flexibility index (Phi) is 5.21. The van der Waals surface area contributed by atoms with Gasteiger partial charge < -0.3 is 10.1 Å². The minimum absolute atomic E-state index is 0.178. The predicted octanol–water partition coefficient (Wildman–Crippen LogP) is 4.07. The van der Waals surface area contributed by atoms with E-state index >= 15 is 0 Å². The van der Waals surface area contributed by atoms with E-state index in [2.05, 4.69) is 18.3 Å². The Morgan fingerprint density at radius 2 is 1.95 bits per heavy atom. The van der Waals surface area contributed by atoms with Gasteiger partial charge in [-0.15, -0.1) is 0 Å². The van der Waals surface area contributed by atoms with Crippen LogP contribution in [0.25, 0.3) is 0 Å². The number of nitrogens with one attached hydrogen (secondary N) is 1. The van der Waals surface area contributed by atoms with Crippen LogP contribution >= 0.6 is 11.6 Å². The molecule has 0 spiro atoms. The van der Waals surface area contributed by atoms with Gasteiger partial charge in [-0.1, -0.05) is 23.7 Å². The van der Waals surface area contributed by atoms with Crippen molar-refractivity contribution in [2.75, 3.05) is 7.11 Å². The van der Waals surface area contributed by atoms with Crippen LogP contribution < -0.4 is 10.1 Å². The third-order valence-corrected chi connectivity index (χ3v) is 3.63. The van der Waals surface area contributed by atoms with Crippen LogP contribution in [0.4, 0.5) is 0 Å². The van der Waals surface area contributed by atoms with Crippen LogP contribution in [-0.2, 0) is 6.54 Å². The lowest BCUT2D eigenvalue weighted by Crippen LogP contribution is -2.18. The Morgan fingerprint density at radius 3 is 2.57 bits per heavy atom. The number of hydrogen-bond acceptors (Lipinski definition) is 3. The molecular weight excluding hydrogens is 284 g/mol. The monoisotopic (exact) mass is 300 g/mol. The van der Waals surface area contributed by atoms with E-state index in [0.29, 0.717) is 12.1 Å². The number of ether oxygens (including phenoxy) is 1. The van der Waals surface area contributed by atoms with Crippen LogP contribution in [0.15, 0.2) is 42.5 Å². The van der Waals surface area contributed by atoms with Crippen molar-refractivity contribution in [1.29, 1.82) is 5.26 Å². The van der Waals surface area contributed by atoms with E-state index in [1.807, 2.05) is 36.4 Å². The van der Waals surface area contributed by atoms with Gasteiger partial charge in [-0.3, -0.25) is 0 Å². The van der Waals surface area contributed by atoms with E-state index in [-0.39, 0.29) is 6.04 Å². The summed E-state index contributed by atoms with van der Waals surface area (Å²) in [7, 11) is 1.63. The first-order chi connectivity index (χ1) is 10.1. The Labute approximate surface area is 130 Å². The Balaban J connectivity index is 2.08. The Hall–Kier alpha value is -2.02. The molecule has 0 amide bonds. The van der Waals surface area contributed by atoms with E-state index in [9.17, 15) is 0 Å². The number of hydrogen-bond donors (Lipinski definition) is 1. The third-order valence-electron chi connectivity index (χ3n) is 3.38. The predicted molar refractivity (Wildman–Crippen MR) is 84.4 cm³/mol. The van der Waals surface area contributed by atoms with E-state index in [1.165, 1.54) is 0 Å². The fourth-order valence-electron chi connectivity index (χ4n) is 2.12.